The van der Waals surface area contributed by atoms with Gasteiger partial charge in [-0.2, -0.15) is 0 Å². The second-order valence-electron chi connectivity index (χ2n) is 2.16. The van der Waals surface area contributed by atoms with Crippen LogP contribution >= 0.6 is 20.0 Å². The molecule has 0 atom stereocenters. The number of hydrogen-bond donors (Lipinski definition) is 2. The van der Waals surface area contributed by atoms with Crippen LogP contribution in [0.25, 0.3) is 0 Å². The van der Waals surface area contributed by atoms with E-state index in [1.807, 2.05) is 0 Å². The van der Waals surface area contributed by atoms with Gasteiger partial charge in [-0.05, 0) is 17.7 Å². The molecule has 1 rings (SSSR count). The summed E-state index contributed by atoms with van der Waals surface area (Å²) in [6.45, 7) is 0. The minimum Gasteiger partial charge on any atom is -0.350 e. The van der Waals surface area contributed by atoms with Gasteiger partial charge in [-0.25, -0.2) is 0 Å². The highest BCUT2D eigenvalue weighted by atomic mass is 35.5. The van der Waals surface area contributed by atoms with E-state index in [1.165, 1.54) is 0 Å². The van der Waals surface area contributed by atoms with Gasteiger partial charge in [0.1, 0.15) is 0 Å². The molecule has 60 valence electrons. The van der Waals surface area contributed by atoms with Gasteiger partial charge >= 0.3 is 0 Å². The number of hydrogen-bond acceptors (Lipinski definition) is 2. The molecule has 11 heavy (non-hydrogen) atoms. The number of halogens is 1. The average molecular weight is 191 g/mol. The molecule has 0 saturated heterocycles. The maximum Gasteiger partial charge on any atom is 0.169 e. The van der Waals surface area contributed by atoms with E-state index in [0.717, 1.165) is 5.56 Å². The Hall–Kier alpha value is -0.140. The smallest absolute Gasteiger partial charge is 0.169 e. The van der Waals surface area contributed by atoms with Crippen LogP contribution in [0.3, 0.4) is 0 Å². The summed E-state index contributed by atoms with van der Waals surface area (Å²) in [6.07, 6.45) is 0.312. The van der Waals surface area contributed by atoms with Crippen molar-refractivity contribution in [2.45, 2.75) is 6.16 Å². The summed E-state index contributed by atoms with van der Waals surface area (Å²) < 4.78 is 0. The molecule has 1 aromatic carbocycles. The van der Waals surface area contributed by atoms with Crippen molar-refractivity contribution in [2.75, 3.05) is 0 Å². The Kier molecular flexibility index (Phi) is 3.28. The highest BCUT2D eigenvalue weighted by Gasteiger charge is 1.99. The Bertz CT molecular complexity index is 222. The summed E-state index contributed by atoms with van der Waals surface area (Å²) in [6, 6.07) is 7.03. The second kappa shape index (κ2) is 4.03. The van der Waals surface area contributed by atoms with Gasteiger partial charge in [0, 0.05) is 11.2 Å². The summed E-state index contributed by atoms with van der Waals surface area (Å²) in [7, 11) is -1.83. The summed E-state index contributed by atoms with van der Waals surface area (Å²) in [4.78, 5) is 17.3. The number of benzene rings is 1. The maximum absolute atomic E-state index is 8.66. The molecule has 1 aromatic rings. The van der Waals surface area contributed by atoms with E-state index in [4.69, 9.17) is 21.4 Å². The topological polar surface area (TPSA) is 40.5 Å². The third-order valence-electron chi connectivity index (χ3n) is 1.24. The molecule has 0 amide bonds. The van der Waals surface area contributed by atoms with E-state index in [9.17, 15) is 0 Å². The van der Waals surface area contributed by atoms with Gasteiger partial charge in [-0.3, -0.25) is 0 Å². The van der Waals surface area contributed by atoms with Crippen molar-refractivity contribution < 1.29 is 9.79 Å². The third-order valence-corrected chi connectivity index (χ3v) is 2.14. The van der Waals surface area contributed by atoms with Gasteiger partial charge in [0.05, 0.1) is 0 Å². The molecule has 2 N–H and O–H groups in total. The lowest BCUT2D eigenvalue weighted by Crippen LogP contribution is -1.81. The lowest BCUT2D eigenvalue weighted by Gasteiger charge is -2.01. The average Bonchev–Trinajstić information content (AvgIpc) is 1.93. The first kappa shape index (κ1) is 8.95. The molecule has 0 aliphatic heterocycles. The van der Waals surface area contributed by atoms with E-state index >= 15 is 0 Å². The van der Waals surface area contributed by atoms with Crippen LogP contribution in [0, 0.1) is 0 Å². The van der Waals surface area contributed by atoms with Gasteiger partial charge in [0.2, 0.25) is 0 Å². The Morgan fingerprint density at radius 1 is 1.18 bits per heavy atom. The van der Waals surface area contributed by atoms with Gasteiger partial charge < -0.3 is 9.79 Å². The maximum atomic E-state index is 8.66. The zero-order valence-electron chi connectivity index (χ0n) is 5.74. The van der Waals surface area contributed by atoms with Crippen LogP contribution in [0.4, 0.5) is 0 Å². The molecule has 0 unspecified atom stereocenters. The van der Waals surface area contributed by atoms with Crippen molar-refractivity contribution in [1.29, 1.82) is 0 Å². The van der Waals surface area contributed by atoms with Crippen LogP contribution in [0.5, 0.6) is 0 Å². The monoisotopic (exact) mass is 190 g/mol. The molecule has 4 heteroatoms. The fourth-order valence-electron chi connectivity index (χ4n) is 0.753. The highest BCUT2D eigenvalue weighted by molar-refractivity contribution is 7.44. The van der Waals surface area contributed by atoms with E-state index < -0.39 is 8.38 Å². The molecule has 0 radical (unpaired) electrons. The van der Waals surface area contributed by atoms with Gasteiger partial charge in [0.25, 0.3) is 0 Å². The summed E-state index contributed by atoms with van der Waals surface area (Å²) in [5.74, 6) is 0. The quantitative estimate of drug-likeness (QED) is 0.702. The van der Waals surface area contributed by atoms with Gasteiger partial charge in [0.15, 0.2) is 8.38 Å². The van der Waals surface area contributed by atoms with E-state index in [2.05, 4.69) is 0 Å². The van der Waals surface area contributed by atoms with Crippen LogP contribution in [0.2, 0.25) is 5.02 Å². The van der Waals surface area contributed by atoms with Crippen LogP contribution in [0.1, 0.15) is 5.56 Å². The molecule has 0 fully saturated rings. The first-order valence-electron chi connectivity index (χ1n) is 3.08. The predicted octanol–water partition coefficient (Wildman–Crippen LogP) is 2.14. The molecule has 0 heterocycles. The second-order valence-corrected chi connectivity index (χ2v) is 3.65. The molecular formula is C7H8ClO2P. The van der Waals surface area contributed by atoms with Crippen molar-refractivity contribution in [3.63, 3.8) is 0 Å². The van der Waals surface area contributed by atoms with Crippen LogP contribution in [0.15, 0.2) is 24.3 Å². The van der Waals surface area contributed by atoms with Crippen LogP contribution in [-0.4, -0.2) is 9.79 Å². The lowest BCUT2D eigenvalue weighted by molar-refractivity contribution is 0.481. The standard InChI is InChI=1S/C7H8ClO2P/c8-7-3-1-6(2-4-7)5-11(9)10/h1-4,9-10H,5H2. The largest absolute Gasteiger partial charge is 0.350 e. The highest BCUT2D eigenvalue weighted by Crippen LogP contribution is 2.29. The Balaban J connectivity index is 2.66. The first-order chi connectivity index (χ1) is 5.18. The SMILES string of the molecule is OP(O)Cc1ccc(Cl)cc1. The Morgan fingerprint density at radius 2 is 1.73 bits per heavy atom. The molecule has 0 spiro atoms. The normalized spacial score (nSPS) is 10.5. The first-order valence-corrected chi connectivity index (χ1v) is 4.89. The van der Waals surface area contributed by atoms with Gasteiger partial charge in [-0.1, -0.05) is 23.7 Å². The summed E-state index contributed by atoms with van der Waals surface area (Å²) in [5.41, 5.74) is 0.894. The van der Waals surface area contributed by atoms with Crippen LogP contribution in [-0.2, 0) is 6.16 Å². The molecule has 0 aromatic heterocycles. The van der Waals surface area contributed by atoms with Gasteiger partial charge in [-0.15, -0.1) is 0 Å². The predicted molar refractivity (Wildman–Crippen MR) is 46.5 cm³/mol. The van der Waals surface area contributed by atoms with E-state index in [-0.39, 0.29) is 0 Å². The zero-order valence-corrected chi connectivity index (χ0v) is 7.39. The lowest BCUT2D eigenvalue weighted by atomic mass is 10.2. The molecule has 0 aliphatic carbocycles. The molecule has 0 saturated carbocycles. The Morgan fingerprint density at radius 3 is 2.18 bits per heavy atom. The minimum atomic E-state index is -1.83. The van der Waals surface area contributed by atoms with Crippen LogP contribution < -0.4 is 0 Å². The summed E-state index contributed by atoms with van der Waals surface area (Å²) in [5, 5.41) is 0.661. The van der Waals surface area contributed by atoms with Crippen molar-refractivity contribution in [2.24, 2.45) is 0 Å². The summed E-state index contributed by atoms with van der Waals surface area (Å²) >= 11 is 5.63. The zero-order chi connectivity index (χ0) is 8.27. The fraction of sp³-hybridized carbons (Fsp3) is 0.143. The molecule has 2 nitrogen and oxygen atoms in total. The molecular weight excluding hydrogens is 183 g/mol. The van der Waals surface area contributed by atoms with Crippen molar-refractivity contribution in [3.05, 3.63) is 34.9 Å². The van der Waals surface area contributed by atoms with Crippen molar-refractivity contribution >= 4 is 20.0 Å². The van der Waals surface area contributed by atoms with E-state index in [1.54, 1.807) is 24.3 Å². The molecule has 0 aliphatic rings. The van der Waals surface area contributed by atoms with E-state index in [0.29, 0.717) is 11.2 Å². The fourth-order valence-corrected chi connectivity index (χ4v) is 1.42. The molecule has 0 bridgehead atoms. The third kappa shape index (κ3) is 3.17. The van der Waals surface area contributed by atoms with Crippen molar-refractivity contribution in [3.8, 4) is 0 Å². The minimum absolute atomic E-state index is 0.312. The number of rotatable bonds is 2. The van der Waals surface area contributed by atoms with Crippen molar-refractivity contribution in [1.82, 2.24) is 0 Å². The Labute approximate surface area is 71.4 Å².